The maximum absolute atomic E-state index is 10.9. The fourth-order valence-electron chi connectivity index (χ4n) is 0.813. The van der Waals surface area contributed by atoms with E-state index in [9.17, 15) is 4.79 Å². The first-order chi connectivity index (χ1) is 7.13. The van der Waals surface area contributed by atoms with Crippen molar-refractivity contribution < 1.29 is 14.4 Å². The Hall–Kier alpha value is -1.13. The molecular weight excluding hydrogens is 241 g/mol. The molecule has 15 heavy (non-hydrogen) atoms. The summed E-state index contributed by atoms with van der Waals surface area (Å²) in [5, 5.41) is 0.802. The molecule has 1 aromatic rings. The van der Waals surface area contributed by atoms with Gasteiger partial charge < -0.3 is 9.57 Å². The molecule has 0 atom stereocenters. The van der Waals surface area contributed by atoms with E-state index >= 15 is 0 Å². The zero-order chi connectivity index (χ0) is 11.3. The average molecular weight is 250 g/mol. The second-order valence-electron chi connectivity index (χ2n) is 2.50. The van der Waals surface area contributed by atoms with E-state index in [1.165, 1.54) is 6.07 Å². The van der Waals surface area contributed by atoms with Crippen LogP contribution in [0.1, 0.15) is 6.92 Å². The highest BCUT2D eigenvalue weighted by Gasteiger charge is 2.05. The molecule has 0 aliphatic rings. The lowest BCUT2D eigenvalue weighted by Crippen LogP contribution is -2.27. The SMILES string of the molecule is CCOC(=O)NOc1cc(Cl)ccc1Cl. The maximum Gasteiger partial charge on any atom is 0.440 e. The van der Waals surface area contributed by atoms with E-state index in [0.717, 1.165) is 0 Å². The van der Waals surface area contributed by atoms with Gasteiger partial charge in [0.1, 0.15) is 0 Å². The molecule has 1 N–H and O–H groups in total. The lowest BCUT2D eigenvalue weighted by molar-refractivity contribution is 0.104. The van der Waals surface area contributed by atoms with Crippen LogP contribution in [0.5, 0.6) is 5.75 Å². The van der Waals surface area contributed by atoms with Crippen LogP contribution in [0, 0.1) is 0 Å². The van der Waals surface area contributed by atoms with E-state index in [4.69, 9.17) is 28.0 Å². The molecule has 0 aliphatic heterocycles. The molecule has 0 spiro atoms. The molecule has 1 amide bonds. The molecule has 0 heterocycles. The molecule has 82 valence electrons. The van der Waals surface area contributed by atoms with Gasteiger partial charge in [-0.3, -0.25) is 0 Å². The minimum atomic E-state index is -0.687. The molecule has 4 nitrogen and oxygen atoms in total. The summed E-state index contributed by atoms with van der Waals surface area (Å²) in [6, 6.07) is 4.66. The summed E-state index contributed by atoms with van der Waals surface area (Å²) in [6.07, 6.45) is -0.687. The second-order valence-corrected chi connectivity index (χ2v) is 3.34. The fourth-order valence-corrected chi connectivity index (χ4v) is 1.13. The van der Waals surface area contributed by atoms with Gasteiger partial charge in [0.15, 0.2) is 5.75 Å². The number of halogens is 2. The summed E-state index contributed by atoms with van der Waals surface area (Å²) < 4.78 is 4.58. The summed E-state index contributed by atoms with van der Waals surface area (Å²) in [5.41, 5.74) is 2.06. The molecule has 0 unspecified atom stereocenters. The van der Waals surface area contributed by atoms with Gasteiger partial charge in [-0.2, -0.15) is 5.48 Å². The van der Waals surface area contributed by atoms with Crippen LogP contribution in [-0.4, -0.2) is 12.7 Å². The van der Waals surface area contributed by atoms with Gasteiger partial charge >= 0.3 is 6.09 Å². The molecule has 6 heteroatoms. The molecule has 0 fully saturated rings. The predicted molar refractivity (Wildman–Crippen MR) is 57.2 cm³/mol. The minimum Gasteiger partial charge on any atom is -0.448 e. The quantitative estimate of drug-likeness (QED) is 0.838. The lowest BCUT2D eigenvalue weighted by Gasteiger charge is -2.08. The topological polar surface area (TPSA) is 47.6 Å². The number of nitrogens with one attached hydrogen (secondary N) is 1. The fraction of sp³-hybridized carbons (Fsp3) is 0.222. The predicted octanol–water partition coefficient (Wildman–Crippen LogP) is 3.03. The first kappa shape index (κ1) is 11.9. The van der Waals surface area contributed by atoms with Crippen molar-refractivity contribution in [1.29, 1.82) is 0 Å². The summed E-state index contributed by atoms with van der Waals surface area (Å²) >= 11 is 11.5. The molecule has 0 aliphatic carbocycles. The number of carbonyl (C=O) groups is 1. The van der Waals surface area contributed by atoms with Crippen LogP contribution in [0.4, 0.5) is 4.79 Å². The monoisotopic (exact) mass is 249 g/mol. The van der Waals surface area contributed by atoms with Crippen LogP contribution in [-0.2, 0) is 4.74 Å². The van der Waals surface area contributed by atoms with Gasteiger partial charge in [-0.25, -0.2) is 4.79 Å². The molecule has 0 saturated carbocycles. The first-order valence-corrected chi connectivity index (χ1v) is 4.93. The Labute approximate surface area is 97.0 Å². The van der Waals surface area contributed by atoms with Gasteiger partial charge in [-0.1, -0.05) is 23.2 Å². The number of rotatable bonds is 3. The normalized spacial score (nSPS) is 9.53. The molecule has 1 rings (SSSR count). The summed E-state index contributed by atoms with van der Waals surface area (Å²) in [6.45, 7) is 1.95. The van der Waals surface area contributed by atoms with Crippen molar-refractivity contribution in [2.45, 2.75) is 6.92 Å². The third kappa shape index (κ3) is 3.85. The summed E-state index contributed by atoms with van der Waals surface area (Å²) in [5.74, 6) is 0.261. The number of carbonyl (C=O) groups excluding carboxylic acids is 1. The Morgan fingerprint density at radius 2 is 2.20 bits per heavy atom. The largest absolute Gasteiger partial charge is 0.448 e. The van der Waals surface area contributed by atoms with Gasteiger partial charge in [0, 0.05) is 11.1 Å². The molecule has 0 bridgehead atoms. The van der Waals surface area contributed by atoms with E-state index in [0.29, 0.717) is 10.0 Å². The Balaban J connectivity index is 2.57. The van der Waals surface area contributed by atoms with Crippen molar-refractivity contribution >= 4 is 29.3 Å². The number of benzene rings is 1. The number of hydrogen-bond donors (Lipinski definition) is 1. The van der Waals surface area contributed by atoms with Crippen molar-refractivity contribution in [2.24, 2.45) is 0 Å². The smallest absolute Gasteiger partial charge is 0.440 e. The van der Waals surface area contributed by atoms with Gasteiger partial charge in [-0.05, 0) is 19.1 Å². The van der Waals surface area contributed by atoms with Crippen molar-refractivity contribution in [1.82, 2.24) is 5.48 Å². The van der Waals surface area contributed by atoms with E-state index < -0.39 is 6.09 Å². The first-order valence-electron chi connectivity index (χ1n) is 4.18. The van der Waals surface area contributed by atoms with Crippen molar-refractivity contribution in [2.75, 3.05) is 6.61 Å². The third-order valence-electron chi connectivity index (χ3n) is 1.41. The Morgan fingerprint density at radius 3 is 2.87 bits per heavy atom. The molecule has 0 radical (unpaired) electrons. The third-order valence-corrected chi connectivity index (χ3v) is 1.96. The Morgan fingerprint density at radius 1 is 1.47 bits per heavy atom. The minimum absolute atomic E-state index is 0.261. The zero-order valence-corrected chi connectivity index (χ0v) is 9.43. The zero-order valence-electron chi connectivity index (χ0n) is 7.92. The van der Waals surface area contributed by atoms with Crippen molar-refractivity contribution in [3.05, 3.63) is 28.2 Å². The standard InChI is InChI=1S/C9H9Cl2NO3/c1-2-14-9(13)12-15-8-5-6(10)3-4-7(8)11/h3-5H,2H2,1H3,(H,12,13). The van der Waals surface area contributed by atoms with Gasteiger partial charge in [-0.15, -0.1) is 0 Å². The van der Waals surface area contributed by atoms with E-state index in [2.05, 4.69) is 10.2 Å². The summed E-state index contributed by atoms with van der Waals surface area (Å²) in [4.78, 5) is 15.8. The number of hydrogen-bond acceptors (Lipinski definition) is 3. The molecule has 1 aromatic carbocycles. The highest BCUT2D eigenvalue weighted by Crippen LogP contribution is 2.26. The highest BCUT2D eigenvalue weighted by atomic mass is 35.5. The molecular formula is C9H9Cl2NO3. The lowest BCUT2D eigenvalue weighted by atomic mass is 10.3. The maximum atomic E-state index is 10.9. The number of amides is 1. The summed E-state index contributed by atoms with van der Waals surface area (Å²) in [7, 11) is 0. The number of ether oxygens (including phenoxy) is 1. The second kappa shape index (κ2) is 5.68. The van der Waals surface area contributed by atoms with Gasteiger partial charge in [0.05, 0.1) is 11.6 Å². The van der Waals surface area contributed by atoms with E-state index in [1.54, 1.807) is 19.1 Å². The average Bonchev–Trinajstić information content (AvgIpc) is 2.20. The van der Waals surface area contributed by atoms with Crippen molar-refractivity contribution in [3.8, 4) is 5.75 Å². The van der Waals surface area contributed by atoms with Crippen LogP contribution in [0.2, 0.25) is 10.0 Å². The Bertz CT molecular complexity index is 357. The van der Waals surface area contributed by atoms with Gasteiger partial charge in [0.2, 0.25) is 0 Å². The van der Waals surface area contributed by atoms with E-state index in [1.807, 2.05) is 0 Å². The van der Waals surface area contributed by atoms with Crippen molar-refractivity contribution in [3.63, 3.8) is 0 Å². The van der Waals surface area contributed by atoms with Gasteiger partial charge in [0.25, 0.3) is 0 Å². The van der Waals surface area contributed by atoms with Crippen LogP contribution in [0.15, 0.2) is 18.2 Å². The highest BCUT2D eigenvalue weighted by molar-refractivity contribution is 6.34. The van der Waals surface area contributed by atoms with Crippen LogP contribution < -0.4 is 10.3 Å². The van der Waals surface area contributed by atoms with Crippen LogP contribution in [0.3, 0.4) is 0 Å². The molecule has 0 aromatic heterocycles. The van der Waals surface area contributed by atoms with Crippen LogP contribution >= 0.6 is 23.2 Å². The number of hydroxylamine groups is 1. The molecule has 0 saturated heterocycles. The van der Waals surface area contributed by atoms with Crippen LogP contribution in [0.25, 0.3) is 0 Å². The Kier molecular flexibility index (Phi) is 4.52. The van der Waals surface area contributed by atoms with E-state index in [-0.39, 0.29) is 12.4 Å².